The van der Waals surface area contributed by atoms with Gasteiger partial charge in [0.1, 0.15) is 28.2 Å². The molecule has 0 radical (unpaired) electrons. The van der Waals surface area contributed by atoms with Crippen LogP contribution in [0.1, 0.15) is 64.7 Å². The Balaban J connectivity index is 1.66. The van der Waals surface area contributed by atoms with Gasteiger partial charge < -0.3 is 25.0 Å². The van der Waals surface area contributed by atoms with E-state index in [9.17, 15) is 45.4 Å². The second kappa shape index (κ2) is 14.5. The summed E-state index contributed by atoms with van der Waals surface area (Å²) >= 11 is 0.307. The first-order valence-electron chi connectivity index (χ1n) is 15.8. The number of aromatic nitrogens is 1. The van der Waals surface area contributed by atoms with Gasteiger partial charge in [-0.15, -0.1) is 11.3 Å². The van der Waals surface area contributed by atoms with Crippen molar-refractivity contribution < 1.29 is 55.0 Å². The van der Waals surface area contributed by atoms with Gasteiger partial charge in [0.15, 0.2) is 0 Å². The average molecular weight is 731 g/mol. The van der Waals surface area contributed by atoms with Gasteiger partial charge in [0, 0.05) is 50.1 Å². The lowest BCUT2D eigenvalue weighted by Crippen LogP contribution is -2.70. The number of alkyl halides is 6. The van der Waals surface area contributed by atoms with Crippen molar-refractivity contribution in [2.75, 3.05) is 19.7 Å². The van der Waals surface area contributed by atoms with Crippen molar-refractivity contribution in [3.05, 3.63) is 81.1 Å². The van der Waals surface area contributed by atoms with Crippen LogP contribution >= 0.6 is 11.3 Å². The molecule has 0 unspecified atom stereocenters. The van der Waals surface area contributed by atoms with Gasteiger partial charge in [-0.1, -0.05) is 19.4 Å². The largest absolute Gasteiger partial charge is 0.474 e. The van der Waals surface area contributed by atoms with Crippen molar-refractivity contribution >= 4 is 29.1 Å². The Morgan fingerprint density at radius 1 is 1.08 bits per heavy atom. The van der Waals surface area contributed by atoms with E-state index in [4.69, 9.17) is 4.74 Å². The number of carbonyl (C=O) groups is 3. The molecule has 0 aliphatic carbocycles. The number of ether oxygens (including phenoxy) is 1. The third-order valence-electron chi connectivity index (χ3n) is 8.79. The van der Waals surface area contributed by atoms with Crippen LogP contribution in [-0.4, -0.2) is 75.0 Å². The Morgan fingerprint density at radius 2 is 1.84 bits per heavy atom. The maximum atomic E-state index is 15.1. The summed E-state index contributed by atoms with van der Waals surface area (Å²) in [6.07, 6.45) is -8.83. The molecule has 0 spiro atoms. The highest BCUT2D eigenvalue weighted by atomic mass is 32.1. The van der Waals surface area contributed by atoms with Crippen LogP contribution in [0.4, 0.5) is 30.7 Å². The van der Waals surface area contributed by atoms with E-state index in [0.29, 0.717) is 34.6 Å². The van der Waals surface area contributed by atoms with Crippen LogP contribution in [0.3, 0.4) is 0 Å². The summed E-state index contributed by atoms with van der Waals surface area (Å²) in [5, 5.41) is 12.9. The lowest BCUT2D eigenvalue weighted by atomic mass is 9.78. The predicted molar refractivity (Wildman–Crippen MR) is 165 cm³/mol. The maximum absolute atomic E-state index is 15.1. The van der Waals surface area contributed by atoms with Crippen molar-refractivity contribution in [1.82, 2.24) is 20.1 Å². The molecule has 0 bridgehead atoms. The average Bonchev–Trinajstić information content (AvgIpc) is 3.55. The second-order valence-electron chi connectivity index (χ2n) is 12.0. The first kappa shape index (κ1) is 37.0. The molecule has 2 aliphatic rings. The topological polar surface area (TPSA) is 112 Å². The van der Waals surface area contributed by atoms with Gasteiger partial charge in [0.25, 0.3) is 11.8 Å². The van der Waals surface area contributed by atoms with Crippen LogP contribution in [0.25, 0.3) is 0 Å². The molecule has 3 amide bonds. The van der Waals surface area contributed by atoms with E-state index < -0.39 is 76.3 Å². The van der Waals surface area contributed by atoms with E-state index in [-0.39, 0.29) is 57.5 Å². The summed E-state index contributed by atoms with van der Waals surface area (Å²) in [7, 11) is 0. The predicted octanol–water partition coefficient (Wildman–Crippen LogP) is 5.60. The number of hydrogen-bond donors (Lipinski definition) is 2. The van der Waals surface area contributed by atoms with Gasteiger partial charge in [-0.2, -0.15) is 26.3 Å². The Morgan fingerprint density at radius 3 is 2.50 bits per heavy atom. The molecule has 0 saturated carbocycles. The van der Waals surface area contributed by atoms with Crippen LogP contribution in [-0.2, 0) is 34.9 Å². The molecule has 50 heavy (non-hydrogen) atoms. The summed E-state index contributed by atoms with van der Waals surface area (Å²) in [5.41, 5.74) is -3.53. The number of aliphatic hydroxyl groups is 1. The number of piperidine rings is 1. The summed E-state index contributed by atoms with van der Waals surface area (Å²) in [6.45, 7) is 0.677. The standard InChI is InChI=1S/C33H33F7N4O5S/c1-2-5-25-31(49-22-16-26(50-18-22)33(38,39)40,9-4-12-43(25)29(47)27-23(32(35,36)37)6-3-10-41-27)30(48)44-17-19-7-8-21(34)14-20(19)15-24(44)28(46)42-11-13-45/h3,6-8,10,14,16,18,24-25,45H,2,4-5,9,11-13,15,17H2,1H3,(H,42,46)/t24-,25-,31+/m1/s1. The number of nitrogens with zero attached hydrogens (tertiary/aromatic N) is 3. The molecule has 9 nitrogen and oxygen atoms in total. The highest BCUT2D eigenvalue weighted by Crippen LogP contribution is 2.43. The summed E-state index contributed by atoms with van der Waals surface area (Å²) in [4.78, 5) is 47.5. The Hall–Kier alpha value is -4.25. The Kier molecular flexibility index (Phi) is 10.8. The molecule has 2 aromatic heterocycles. The molecule has 5 rings (SSSR count). The number of benzene rings is 1. The minimum Gasteiger partial charge on any atom is -0.474 e. The van der Waals surface area contributed by atoms with Gasteiger partial charge in [0.05, 0.1) is 18.2 Å². The zero-order valence-corrected chi connectivity index (χ0v) is 27.4. The van der Waals surface area contributed by atoms with Crippen LogP contribution in [0, 0.1) is 5.82 Å². The molecular weight excluding hydrogens is 697 g/mol. The van der Waals surface area contributed by atoms with E-state index in [1.165, 1.54) is 12.1 Å². The number of nitrogens with one attached hydrogen (secondary N) is 1. The minimum absolute atomic E-state index is 0.0147. The van der Waals surface area contributed by atoms with E-state index in [1.54, 1.807) is 6.92 Å². The third kappa shape index (κ3) is 7.43. The number of fused-ring (bicyclic) bond motifs is 1. The van der Waals surface area contributed by atoms with E-state index in [0.717, 1.165) is 33.5 Å². The number of likely N-dealkylation sites (tertiary alicyclic amines) is 1. The lowest BCUT2D eigenvalue weighted by molar-refractivity contribution is -0.165. The molecular formula is C33H33F7N4O5S. The number of aliphatic hydroxyl groups excluding tert-OH is 1. The van der Waals surface area contributed by atoms with E-state index >= 15 is 4.79 Å². The minimum atomic E-state index is -4.96. The fraction of sp³-hybridized carbons (Fsp3) is 0.455. The van der Waals surface area contributed by atoms with Crippen molar-refractivity contribution in [3.63, 3.8) is 0 Å². The van der Waals surface area contributed by atoms with Crippen molar-refractivity contribution in [1.29, 1.82) is 0 Å². The lowest BCUT2D eigenvalue weighted by Gasteiger charge is -2.51. The molecule has 1 fully saturated rings. The molecule has 1 saturated heterocycles. The van der Waals surface area contributed by atoms with Gasteiger partial charge in [-0.3, -0.25) is 19.4 Å². The first-order valence-corrected chi connectivity index (χ1v) is 16.6. The van der Waals surface area contributed by atoms with Gasteiger partial charge in [-0.25, -0.2) is 4.39 Å². The zero-order chi connectivity index (χ0) is 36.4. The van der Waals surface area contributed by atoms with Crippen LogP contribution < -0.4 is 10.1 Å². The van der Waals surface area contributed by atoms with Crippen molar-refractivity contribution in [3.8, 4) is 5.75 Å². The number of hydrogen-bond acceptors (Lipinski definition) is 7. The van der Waals surface area contributed by atoms with E-state index in [2.05, 4.69) is 10.3 Å². The molecule has 270 valence electrons. The normalized spacial score (nSPS) is 21.1. The maximum Gasteiger partial charge on any atom is 0.425 e. The molecule has 17 heteroatoms. The van der Waals surface area contributed by atoms with E-state index in [1.807, 2.05) is 0 Å². The molecule has 4 heterocycles. The molecule has 3 aromatic rings. The molecule has 2 aliphatic heterocycles. The SMILES string of the molecule is CCC[C@H]1N(C(=O)c2ncccc2C(F)(F)F)CCC[C@@]1(Oc1csc(C(F)(F)F)c1)C(=O)N1Cc2ccc(F)cc2C[C@@H]1C(=O)NCCO. The Labute approximate surface area is 286 Å². The molecule has 1 aromatic carbocycles. The van der Waals surface area contributed by atoms with Gasteiger partial charge in [0.2, 0.25) is 11.5 Å². The van der Waals surface area contributed by atoms with Crippen LogP contribution in [0.15, 0.2) is 48.0 Å². The third-order valence-corrected chi connectivity index (χ3v) is 9.74. The highest BCUT2D eigenvalue weighted by Gasteiger charge is 2.57. The Bertz CT molecular complexity index is 1730. The second-order valence-corrected chi connectivity index (χ2v) is 12.9. The number of pyridine rings is 1. The number of thiophene rings is 1. The number of rotatable bonds is 9. The fourth-order valence-electron chi connectivity index (χ4n) is 6.61. The van der Waals surface area contributed by atoms with Crippen molar-refractivity contribution in [2.24, 2.45) is 0 Å². The van der Waals surface area contributed by atoms with Gasteiger partial charge >= 0.3 is 12.4 Å². The molecule has 2 N–H and O–H groups in total. The summed E-state index contributed by atoms with van der Waals surface area (Å²) in [5.74, 6) is -3.72. The monoisotopic (exact) mass is 730 g/mol. The number of carbonyl (C=O) groups excluding carboxylic acids is 3. The smallest absolute Gasteiger partial charge is 0.425 e. The van der Waals surface area contributed by atoms with Crippen molar-refractivity contribution in [2.45, 2.75) is 75.6 Å². The fourth-order valence-corrected chi connectivity index (χ4v) is 7.29. The zero-order valence-electron chi connectivity index (χ0n) is 26.6. The van der Waals surface area contributed by atoms with Gasteiger partial charge in [-0.05, 0) is 48.2 Å². The highest BCUT2D eigenvalue weighted by molar-refractivity contribution is 7.10. The quantitative estimate of drug-likeness (QED) is 0.278. The number of amides is 3. The van der Waals surface area contributed by atoms with Crippen LogP contribution in [0.2, 0.25) is 0 Å². The summed E-state index contributed by atoms with van der Waals surface area (Å²) < 4.78 is 104. The molecule has 3 atom stereocenters. The number of halogens is 7. The van der Waals surface area contributed by atoms with Crippen LogP contribution in [0.5, 0.6) is 5.75 Å². The summed E-state index contributed by atoms with van der Waals surface area (Å²) in [6, 6.07) is 3.58. The first-order chi connectivity index (χ1) is 23.6.